The number of carbonyl (C=O) groups excluding carboxylic acids is 1. The van der Waals surface area contributed by atoms with Gasteiger partial charge in [-0.05, 0) is 57.8 Å². The molecular weight excluding hydrogens is 268 g/mol. The second kappa shape index (κ2) is 5.35. The number of nitrogens with zero attached hydrogens (tertiary/aromatic N) is 2. The van der Waals surface area contributed by atoms with Gasteiger partial charge in [-0.15, -0.1) is 5.10 Å². The highest BCUT2D eigenvalue weighted by atomic mass is 16.6. The highest BCUT2D eigenvalue weighted by Gasteiger charge is 2.39. The van der Waals surface area contributed by atoms with Gasteiger partial charge in [0.25, 0.3) is 0 Å². The zero-order valence-corrected chi connectivity index (χ0v) is 13.0. The average Bonchev–Trinajstić information content (AvgIpc) is 3.10. The summed E-state index contributed by atoms with van der Waals surface area (Å²) in [6.45, 7) is 6.22. The first kappa shape index (κ1) is 14.4. The summed E-state index contributed by atoms with van der Waals surface area (Å²) in [7, 11) is 0. The Labute approximate surface area is 125 Å². The molecule has 21 heavy (non-hydrogen) atoms. The lowest BCUT2D eigenvalue weighted by atomic mass is 9.90. The molecule has 2 aliphatic carbocycles. The van der Waals surface area contributed by atoms with Crippen molar-refractivity contribution in [3.05, 3.63) is 12.3 Å². The smallest absolute Gasteiger partial charge is 0.435 e. The summed E-state index contributed by atoms with van der Waals surface area (Å²) < 4.78 is 12.2. The third-order valence-corrected chi connectivity index (χ3v) is 4.47. The quantitative estimate of drug-likeness (QED) is 0.856. The molecule has 0 saturated heterocycles. The van der Waals surface area contributed by atoms with Gasteiger partial charge in [0, 0.05) is 12.3 Å². The second-order valence-corrected chi connectivity index (χ2v) is 7.32. The van der Waals surface area contributed by atoms with E-state index in [9.17, 15) is 4.79 Å². The molecule has 2 fully saturated rings. The molecular formula is C16H24N2O3. The first-order chi connectivity index (χ1) is 9.90. The predicted octanol–water partition coefficient (Wildman–Crippen LogP) is 3.48. The minimum absolute atomic E-state index is 0.475. The monoisotopic (exact) mass is 292 g/mol. The van der Waals surface area contributed by atoms with Gasteiger partial charge in [-0.25, -0.2) is 4.79 Å². The van der Waals surface area contributed by atoms with E-state index in [0.29, 0.717) is 18.4 Å². The van der Waals surface area contributed by atoms with E-state index >= 15 is 0 Å². The Hall–Kier alpha value is -1.52. The van der Waals surface area contributed by atoms with Crippen LogP contribution in [0.4, 0.5) is 4.79 Å². The number of fused-ring (bicyclic) bond motifs is 2. The van der Waals surface area contributed by atoms with Crippen molar-refractivity contribution < 1.29 is 14.3 Å². The molecule has 116 valence electrons. The summed E-state index contributed by atoms with van der Waals surface area (Å²) >= 11 is 0. The van der Waals surface area contributed by atoms with Gasteiger partial charge in [-0.1, -0.05) is 6.42 Å². The van der Waals surface area contributed by atoms with Crippen LogP contribution in [0.25, 0.3) is 0 Å². The summed E-state index contributed by atoms with van der Waals surface area (Å²) in [5, 5.41) is 4.14. The number of carbonyl (C=O) groups is 1. The molecule has 0 N–H and O–H groups in total. The van der Waals surface area contributed by atoms with Crippen molar-refractivity contribution in [3.8, 4) is 5.88 Å². The Morgan fingerprint density at radius 3 is 2.81 bits per heavy atom. The van der Waals surface area contributed by atoms with Gasteiger partial charge in [0.05, 0.1) is 6.61 Å². The molecule has 2 aliphatic rings. The number of aromatic nitrogens is 2. The molecule has 1 aromatic rings. The highest BCUT2D eigenvalue weighted by Crippen LogP contribution is 2.48. The van der Waals surface area contributed by atoms with Crippen molar-refractivity contribution in [1.82, 2.24) is 9.78 Å². The maximum absolute atomic E-state index is 11.9. The third-order valence-electron chi connectivity index (χ3n) is 4.47. The first-order valence-electron chi connectivity index (χ1n) is 7.82. The molecule has 0 radical (unpaired) electrons. The van der Waals surface area contributed by atoms with Crippen LogP contribution in [0.3, 0.4) is 0 Å². The fourth-order valence-corrected chi connectivity index (χ4v) is 3.57. The van der Waals surface area contributed by atoms with E-state index in [1.807, 2.05) is 20.8 Å². The Balaban J connectivity index is 1.52. The Morgan fingerprint density at radius 2 is 2.19 bits per heavy atom. The van der Waals surface area contributed by atoms with E-state index in [0.717, 1.165) is 11.8 Å². The van der Waals surface area contributed by atoms with E-state index in [-0.39, 0.29) is 0 Å². The lowest BCUT2D eigenvalue weighted by Crippen LogP contribution is -2.27. The van der Waals surface area contributed by atoms with Crippen molar-refractivity contribution >= 4 is 6.09 Å². The normalized spacial score (nSPS) is 27.9. The number of hydrogen-bond acceptors (Lipinski definition) is 4. The molecule has 0 spiro atoms. The van der Waals surface area contributed by atoms with Crippen LogP contribution in [0.5, 0.6) is 5.88 Å². The largest absolute Gasteiger partial charge is 0.476 e. The lowest BCUT2D eigenvalue weighted by Gasteiger charge is -2.21. The van der Waals surface area contributed by atoms with Crippen LogP contribution in [-0.2, 0) is 4.74 Å². The Morgan fingerprint density at radius 1 is 1.38 bits per heavy atom. The fourth-order valence-electron chi connectivity index (χ4n) is 3.57. The van der Waals surface area contributed by atoms with E-state index < -0.39 is 11.7 Å². The van der Waals surface area contributed by atoms with Gasteiger partial charge in [0.2, 0.25) is 5.88 Å². The Kier molecular flexibility index (Phi) is 3.68. The molecule has 0 amide bonds. The summed E-state index contributed by atoms with van der Waals surface area (Å²) in [5.41, 5.74) is -0.521. The van der Waals surface area contributed by atoms with Gasteiger partial charge in [-0.3, -0.25) is 0 Å². The van der Waals surface area contributed by atoms with Gasteiger partial charge < -0.3 is 9.47 Å². The van der Waals surface area contributed by atoms with Crippen molar-refractivity contribution in [3.63, 3.8) is 0 Å². The third kappa shape index (κ3) is 3.39. The number of hydrogen-bond donors (Lipinski definition) is 0. The summed E-state index contributed by atoms with van der Waals surface area (Å²) in [4.78, 5) is 11.9. The molecule has 3 rings (SSSR count). The molecule has 5 nitrogen and oxygen atoms in total. The molecule has 5 heteroatoms. The van der Waals surface area contributed by atoms with Crippen LogP contribution in [-0.4, -0.2) is 28.1 Å². The van der Waals surface area contributed by atoms with Crippen LogP contribution >= 0.6 is 0 Å². The SMILES string of the molecule is CC(C)(C)OC(=O)n1ccc(OCC2CC3CC[C@@H]2C3)n1. The van der Waals surface area contributed by atoms with E-state index in [1.165, 1.54) is 30.4 Å². The van der Waals surface area contributed by atoms with Crippen molar-refractivity contribution in [1.29, 1.82) is 0 Å². The summed E-state index contributed by atoms with van der Waals surface area (Å²) in [6, 6.07) is 1.72. The average molecular weight is 292 g/mol. The van der Waals surface area contributed by atoms with Crippen molar-refractivity contribution in [2.75, 3.05) is 6.61 Å². The molecule has 2 saturated carbocycles. The fraction of sp³-hybridized carbons (Fsp3) is 0.750. The standard InChI is InChI=1S/C16H24N2O3/c1-16(2,3)21-15(19)18-7-6-14(17-18)20-10-13-9-11-4-5-12(13)8-11/h6-7,11-13H,4-5,8-10H2,1-3H3/t11?,12-,13?/m1/s1. The minimum Gasteiger partial charge on any atom is -0.476 e. The zero-order chi connectivity index (χ0) is 15.0. The molecule has 1 aromatic heterocycles. The first-order valence-corrected chi connectivity index (χ1v) is 7.82. The van der Waals surface area contributed by atoms with Crippen LogP contribution in [0.1, 0.15) is 46.5 Å². The van der Waals surface area contributed by atoms with Crippen molar-refractivity contribution in [2.45, 2.75) is 52.1 Å². The maximum Gasteiger partial charge on any atom is 0.435 e. The Bertz CT molecular complexity index is 518. The van der Waals surface area contributed by atoms with Crippen molar-refractivity contribution in [2.24, 2.45) is 17.8 Å². The second-order valence-electron chi connectivity index (χ2n) is 7.32. The maximum atomic E-state index is 11.9. The van der Waals surface area contributed by atoms with E-state index in [4.69, 9.17) is 9.47 Å². The van der Waals surface area contributed by atoms with Gasteiger partial charge in [0.1, 0.15) is 5.60 Å². The highest BCUT2D eigenvalue weighted by molar-refractivity contribution is 5.69. The molecule has 1 heterocycles. The summed E-state index contributed by atoms with van der Waals surface area (Å²) in [5.74, 6) is 2.92. The molecule has 2 unspecified atom stereocenters. The minimum atomic E-state index is -0.521. The molecule has 3 atom stereocenters. The van der Waals surface area contributed by atoms with Crippen LogP contribution in [0.15, 0.2) is 12.3 Å². The molecule has 0 aromatic carbocycles. The lowest BCUT2D eigenvalue weighted by molar-refractivity contribution is 0.0511. The van der Waals surface area contributed by atoms with Crippen LogP contribution < -0.4 is 4.74 Å². The molecule has 2 bridgehead atoms. The van der Waals surface area contributed by atoms with Gasteiger partial charge >= 0.3 is 6.09 Å². The predicted molar refractivity (Wildman–Crippen MR) is 78.3 cm³/mol. The zero-order valence-electron chi connectivity index (χ0n) is 13.0. The van der Waals surface area contributed by atoms with Crippen LogP contribution in [0.2, 0.25) is 0 Å². The van der Waals surface area contributed by atoms with Crippen LogP contribution in [0, 0.1) is 17.8 Å². The molecule has 0 aliphatic heterocycles. The van der Waals surface area contributed by atoms with E-state index in [2.05, 4.69) is 5.10 Å². The topological polar surface area (TPSA) is 53.4 Å². The van der Waals surface area contributed by atoms with Gasteiger partial charge in [-0.2, -0.15) is 4.68 Å². The number of rotatable bonds is 3. The summed E-state index contributed by atoms with van der Waals surface area (Å²) in [6.07, 6.45) is 6.53. The van der Waals surface area contributed by atoms with E-state index in [1.54, 1.807) is 12.3 Å². The number of ether oxygens (including phenoxy) is 2. The van der Waals surface area contributed by atoms with Gasteiger partial charge in [0.15, 0.2) is 0 Å².